The number of nitrogens with zero attached hydrogens (tertiary/aromatic N) is 3. The third kappa shape index (κ3) is 5.52. The van der Waals surface area contributed by atoms with Gasteiger partial charge in [0, 0.05) is 24.5 Å². The number of rotatable bonds is 9. The summed E-state index contributed by atoms with van der Waals surface area (Å²) in [4.78, 5) is 12.3. The van der Waals surface area contributed by atoms with Gasteiger partial charge in [0.25, 0.3) is 5.91 Å². The van der Waals surface area contributed by atoms with Gasteiger partial charge in [-0.05, 0) is 55.8 Å². The standard InChI is InChI=1S/C22H22N4O4/c1-16-13-21(25-30-16)24-22(27)17(15-23)14-18-5-3-10-26(18)11-4-12-29-20-8-6-19(28-2)7-9-20/h3,5-10,13-14H,4,11-12H2,1-2H3,(H,24,25,27)/b17-14-. The molecule has 0 fully saturated rings. The molecule has 0 spiro atoms. The van der Waals surface area contributed by atoms with Crippen molar-refractivity contribution in [2.45, 2.75) is 19.9 Å². The summed E-state index contributed by atoms with van der Waals surface area (Å²) >= 11 is 0. The van der Waals surface area contributed by atoms with Crippen LogP contribution in [0.4, 0.5) is 5.82 Å². The van der Waals surface area contributed by atoms with E-state index in [4.69, 9.17) is 14.0 Å². The maximum absolute atomic E-state index is 12.3. The second kappa shape index (κ2) is 9.98. The molecular formula is C22H22N4O4. The number of carbonyl (C=O) groups excluding carboxylic acids is 1. The van der Waals surface area contributed by atoms with Crippen molar-refractivity contribution in [1.29, 1.82) is 5.26 Å². The first kappa shape index (κ1) is 20.7. The van der Waals surface area contributed by atoms with Crippen LogP contribution in [0, 0.1) is 18.3 Å². The molecule has 2 aromatic heterocycles. The van der Waals surface area contributed by atoms with Gasteiger partial charge < -0.3 is 23.9 Å². The highest BCUT2D eigenvalue weighted by Crippen LogP contribution is 2.17. The molecule has 0 saturated heterocycles. The second-order valence-electron chi connectivity index (χ2n) is 6.45. The van der Waals surface area contributed by atoms with Gasteiger partial charge in [0.15, 0.2) is 5.82 Å². The van der Waals surface area contributed by atoms with Gasteiger partial charge in [-0.15, -0.1) is 0 Å². The molecule has 0 aliphatic carbocycles. The Morgan fingerprint density at radius 2 is 2.07 bits per heavy atom. The highest BCUT2D eigenvalue weighted by molar-refractivity contribution is 6.09. The quantitative estimate of drug-likeness (QED) is 0.329. The molecule has 1 aromatic carbocycles. The van der Waals surface area contributed by atoms with Gasteiger partial charge in [-0.1, -0.05) is 5.16 Å². The van der Waals surface area contributed by atoms with Gasteiger partial charge in [-0.25, -0.2) is 0 Å². The van der Waals surface area contributed by atoms with E-state index >= 15 is 0 Å². The smallest absolute Gasteiger partial charge is 0.267 e. The van der Waals surface area contributed by atoms with Crippen molar-refractivity contribution in [1.82, 2.24) is 9.72 Å². The Morgan fingerprint density at radius 3 is 2.73 bits per heavy atom. The summed E-state index contributed by atoms with van der Waals surface area (Å²) in [6.45, 7) is 2.93. The zero-order chi connectivity index (χ0) is 21.3. The minimum atomic E-state index is -0.540. The summed E-state index contributed by atoms with van der Waals surface area (Å²) in [6.07, 6.45) is 4.20. The van der Waals surface area contributed by atoms with Crippen LogP contribution >= 0.6 is 0 Å². The maximum atomic E-state index is 12.3. The molecule has 8 nitrogen and oxygen atoms in total. The van der Waals surface area contributed by atoms with Crippen molar-refractivity contribution in [2.24, 2.45) is 0 Å². The van der Waals surface area contributed by atoms with Crippen LogP contribution in [-0.4, -0.2) is 29.3 Å². The number of hydrogen-bond acceptors (Lipinski definition) is 6. The average Bonchev–Trinajstić information content (AvgIpc) is 3.38. The number of aromatic nitrogens is 2. The number of methoxy groups -OCH3 is 1. The third-order valence-corrected chi connectivity index (χ3v) is 4.26. The number of aryl methyl sites for hydroxylation is 2. The van der Waals surface area contributed by atoms with E-state index in [1.807, 2.05) is 53.2 Å². The molecule has 0 aliphatic rings. The lowest BCUT2D eigenvalue weighted by Gasteiger charge is -2.09. The first-order valence-corrected chi connectivity index (χ1v) is 9.37. The minimum Gasteiger partial charge on any atom is -0.497 e. The van der Waals surface area contributed by atoms with Crippen LogP contribution in [0.3, 0.4) is 0 Å². The molecule has 8 heteroatoms. The van der Waals surface area contributed by atoms with Crippen LogP contribution in [0.15, 0.2) is 58.8 Å². The van der Waals surface area contributed by atoms with E-state index in [0.29, 0.717) is 18.9 Å². The Morgan fingerprint density at radius 1 is 1.30 bits per heavy atom. The number of hydrogen-bond donors (Lipinski definition) is 1. The van der Waals surface area contributed by atoms with Gasteiger partial charge in [0.1, 0.15) is 28.9 Å². The van der Waals surface area contributed by atoms with E-state index in [-0.39, 0.29) is 11.4 Å². The molecule has 1 amide bonds. The minimum absolute atomic E-state index is 0.0231. The van der Waals surface area contributed by atoms with E-state index in [0.717, 1.165) is 23.6 Å². The summed E-state index contributed by atoms with van der Waals surface area (Å²) in [5.41, 5.74) is 0.729. The van der Waals surface area contributed by atoms with Crippen molar-refractivity contribution in [3.8, 4) is 17.6 Å². The molecule has 0 aliphatic heterocycles. The number of nitriles is 1. The molecule has 1 N–H and O–H groups in total. The second-order valence-corrected chi connectivity index (χ2v) is 6.45. The Hall–Kier alpha value is -3.99. The summed E-state index contributed by atoms with van der Waals surface area (Å²) in [7, 11) is 1.62. The van der Waals surface area contributed by atoms with Gasteiger partial charge >= 0.3 is 0 Å². The molecule has 0 bridgehead atoms. The number of amides is 1. The van der Waals surface area contributed by atoms with Crippen molar-refractivity contribution >= 4 is 17.8 Å². The number of anilines is 1. The van der Waals surface area contributed by atoms with Crippen molar-refractivity contribution in [3.63, 3.8) is 0 Å². The predicted molar refractivity (Wildman–Crippen MR) is 111 cm³/mol. The summed E-state index contributed by atoms with van der Waals surface area (Å²) in [5, 5.41) is 15.6. The van der Waals surface area contributed by atoms with Crippen molar-refractivity contribution in [2.75, 3.05) is 19.0 Å². The topological polar surface area (TPSA) is 102 Å². The zero-order valence-electron chi connectivity index (χ0n) is 16.8. The van der Waals surface area contributed by atoms with E-state index in [9.17, 15) is 10.1 Å². The van der Waals surface area contributed by atoms with E-state index in [1.54, 1.807) is 26.2 Å². The molecule has 0 radical (unpaired) electrons. The van der Waals surface area contributed by atoms with Crippen LogP contribution in [0.1, 0.15) is 17.9 Å². The Labute approximate surface area is 174 Å². The fourth-order valence-corrected chi connectivity index (χ4v) is 2.76. The number of carbonyl (C=O) groups is 1. The molecule has 30 heavy (non-hydrogen) atoms. The molecular weight excluding hydrogens is 384 g/mol. The summed E-state index contributed by atoms with van der Waals surface area (Å²) in [6, 6.07) is 14.6. The Balaban J connectivity index is 1.56. The third-order valence-electron chi connectivity index (χ3n) is 4.26. The van der Waals surface area contributed by atoms with Crippen molar-refractivity contribution < 1.29 is 18.8 Å². The fourth-order valence-electron chi connectivity index (χ4n) is 2.76. The molecule has 0 saturated carbocycles. The number of benzene rings is 1. The fraction of sp³-hybridized carbons (Fsp3) is 0.227. The van der Waals surface area contributed by atoms with Gasteiger partial charge in [-0.2, -0.15) is 5.26 Å². The lowest BCUT2D eigenvalue weighted by molar-refractivity contribution is -0.112. The largest absolute Gasteiger partial charge is 0.497 e. The van der Waals surface area contributed by atoms with Crippen LogP contribution in [0.25, 0.3) is 6.08 Å². The van der Waals surface area contributed by atoms with Gasteiger partial charge in [-0.3, -0.25) is 4.79 Å². The normalized spacial score (nSPS) is 11.0. The summed E-state index contributed by atoms with van der Waals surface area (Å²) < 4.78 is 17.7. The van der Waals surface area contributed by atoms with Gasteiger partial charge in [0.05, 0.1) is 13.7 Å². The van der Waals surface area contributed by atoms with Gasteiger partial charge in [0.2, 0.25) is 0 Å². The van der Waals surface area contributed by atoms with Crippen molar-refractivity contribution in [3.05, 3.63) is 65.7 Å². The van der Waals surface area contributed by atoms with Crippen LogP contribution in [-0.2, 0) is 11.3 Å². The first-order chi connectivity index (χ1) is 14.6. The highest BCUT2D eigenvalue weighted by Gasteiger charge is 2.13. The van der Waals surface area contributed by atoms with E-state index in [1.165, 1.54) is 0 Å². The maximum Gasteiger partial charge on any atom is 0.267 e. The van der Waals surface area contributed by atoms with Crippen LogP contribution in [0.2, 0.25) is 0 Å². The number of ether oxygens (including phenoxy) is 2. The Bertz CT molecular complexity index is 1060. The SMILES string of the molecule is COc1ccc(OCCCn2cccc2/C=C(/C#N)C(=O)Nc2cc(C)on2)cc1. The molecule has 3 rings (SSSR count). The lowest BCUT2D eigenvalue weighted by Crippen LogP contribution is -2.14. The molecule has 0 atom stereocenters. The molecule has 0 unspecified atom stereocenters. The Kier molecular flexibility index (Phi) is 6.90. The lowest BCUT2D eigenvalue weighted by atomic mass is 10.2. The molecule has 3 aromatic rings. The predicted octanol–water partition coefficient (Wildman–Crippen LogP) is 3.81. The first-order valence-electron chi connectivity index (χ1n) is 9.37. The van der Waals surface area contributed by atoms with E-state index < -0.39 is 5.91 Å². The monoisotopic (exact) mass is 406 g/mol. The molecule has 2 heterocycles. The zero-order valence-corrected chi connectivity index (χ0v) is 16.8. The van der Waals surface area contributed by atoms with Crippen LogP contribution < -0.4 is 14.8 Å². The average molecular weight is 406 g/mol. The van der Waals surface area contributed by atoms with Crippen LogP contribution in [0.5, 0.6) is 11.5 Å². The summed E-state index contributed by atoms with van der Waals surface area (Å²) in [5.74, 6) is 1.85. The highest BCUT2D eigenvalue weighted by atomic mass is 16.5. The number of nitrogens with one attached hydrogen (secondary N) is 1. The van der Waals surface area contributed by atoms with E-state index in [2.05, 4.69) is 10.5 Å². The molecule has 154 valence electrons.